The van der Waals surface area contributed by atoms with Crippen LogP contribution < -0.4 is 5.32 Å². The van der Waals surface area contributed by atoms with Crippen molar-refractivity contribution in [3.05, 3.63) is 35.4 Å². The van der Waals surface area contributed by atoms with E-state index < -0.39 is 0 Å². The molecule has 3 heteroatoms. The van der Waals surface area contributed by atoms with Gasteiger partial charge in [0.1, 0.15) is 0 Å². The second-order valence-corrected chi connectivity index (χ2v) is 5.25. The average molecular weight is 237 g/mol. The van der Waals surface area contributed by atoms with E-state index >= 15 is 0 Å². The van der Waals surface area contributed by atoms with Gasteiger partial charge in [-0.25, -0.2) is 0 Å². The van der Waals surface area contributed by atoms with E-state index in [1.165, 1.54) is 11.1 Å². The van der Waals surface area contributed by atoms with Crippen molar-refractivity contribution in [2.24, 2.45) is 0 Å². The number of benzene rings is 1. The summed E-state index contributed by atoms with van der Waals surface area (Å²) >= 11 is 1.96. The van der Waals surface area contributed by atoms with Gasteiger partial charge in [-0.3, -0.25) is 0 Å². The van der Waals surface area contributed by atoms with Crippen LogP contribution in [-0.4, -0.2) is 23.5 Å². The first-order valence-corrected chi connectivity index (χ1v) is 7.03. The molecule has 2 nitrogen and oxygen atoms in total. The summed E-state index contributed by atoms with van der Waals surface area (Å²) in [5, 5.41) is 12.8. The zero-order valence-corrected chi connectivity index (χ0v) is 10.5. The summed E-state index contributed by atoms with van der Waals surface area (Å²) in [5.41, 5.74) is 2.84. The second kappa shape index (κ2) is 5.71. The SMILES string of the molecule is CC[C@@H](CO)NC1CSCc2ccccc21. The minimum atomic E-state index is 0.219. The van der Waals surface area contributed by atoms with Crippen LogP contribution in [0, 0.1) is 0 Å². The third kappa shape index (κ3) is 2.59. The highest BCUT2D eigenvalue weighted by molar-refractivity contribution is 7.98. The van der Waals surface area contributed by atoms with E-state index in [2.05, 4.69) is 36.5 Å². The van der Waals surface area contributed by atoms with E-state index in [9.17, 15) is 5.11 Å². The molecular formula is C13H19NOS. The largest absolute Gasteiger partial charge is 0.395 e. The zero-order valence-electron chi connectivity index (χ0n) is 9.65. The van der Waals surface area contributed by atoms with Gasteiger partial charge in [0, 0.05) is 23.6 Å². The summed E-state index contributed by atoms with van der Waals surface area (Å²) in [7, 11) is 0. The number of nitrogens with one attached hydrogen (secondary N) is 1. The Kier molecular flexibility index (Phi) is 4.27. The van der Waals surface area contributed by atoms with Crippen molar-refractivity contribution in [2.45, 2.75) is 31.2 Å². The molecule has 0 aliphatic carbocycles. The molecule has 0 fully saturated rings. The summed E-state index contributed by atoms with van der Waals surface area (Å²) in [4.78, 5) is 0. The summed E-state index contributed by atoms with van der Waals surface area (Å²) in [6.07, 6.45) is 0.972. The molecule has 0 saturated heterocycles. The van der Waals surface area contributed by atoms with Crippen molar-refractivity contribution in [1.29, 1.82) is 0 Å². The van der Waals surface area contributed by atoms with Crippen molar-refractivity contribution in [3.8, 4) is 0 Å². The van der Waals surface area contributed by atoms with Gasteiger partial charge < -0.3 is 10.4 Å². The highest BCUT2D eigenvalue weighted by atomic mass is 32.2. The quantitative estimate of drug-likeness (QED) is 0.843. The van der Waals surface area contributed by atoms with Gasteiger partial charge >= 0.3 is 0 Å². The summed E-state index contributed by atoms with van der Waals surface area (Å²) in [5.74, 6) is 2.22. The van der Waals surface area contributed by atoms with Gasteiger partial charge in [0.25, 0.3) is 0 Å². The molecule has 1 aromatic rings. The average Bonchev–Trinajstić information content (AvgIpc) is 2.36. The molecule has 2 rings (SSSR count). The number of rotatable bonds is 4. The van der Waals surface area contributed by atoms with Crippen LogP contribution in [0.25, 0.3) is 0 Å². The summed E-state index contributed by atoms with van der Waals surface area (Å²) in [6, 6.07) is 9.23. The predicted octanol–water partition coefficient (Wildman–Crippen LogP) is 2.33. The molecule has 1 unspecified atom stereocenters. The van der Waals surface area contributed by atoms with Gasteiger partial charge in [-0.15, -0.1) is 0 Å². The van der Waals surface area contributed by atoms with Gasteiger partial charge in [-0.1, -0.05) is 31.2 Å². The molecule has 2 atom stereocenters. The van der Waals surface area contributed by atoms with Crippen LogP contribution in [0.3, 0.4) is 0 Å². The molecule has 1 aromatic carbocycles. The molecule has 0 saturated carbocycles. The molecule has 1 aliphatic rings. The highest BCUT2D eigenvalue weighted by Gasteiger charge is 2.21. The lowest BCUT2D eigenvalue weighted by molar-refractivity contribution is 0.230. The van der Waals surface area contributed by atoms with Crippen LogP contribution in [0.15, 0.2) is 24.3 Å². The molecule has 1 aliphatic heterocycles. The summed E-state index contributed by atoms with van der Waals surface area (Å²) in [6.45, 7) is 2.33. The predicted molar refractivity (Wildman–Crippen MR) is 69.6 cm³/mol. The third-order valence-electron chi connectivity index (χ3n) is 3.12. The molecule has 0 amide bonds. The van der Waals surface area contributed by atoms with Gasteiger partial charge in [0.05, 0.1) is 6.61 Å². The Hall–Kier alpha value is -0.510. The molecular weight excluding hydrogens is 218 g/mol. The van der Waals surface area contributed by atoms with E-state index in [1.807, 2.05) is 11.8 Å². The lowest BCUT2D eigenvalue weighted by Crippen LogP contribution is -2.37. The smallest absolute Gasteiger partial charge is 0.0584 e. The zero-order chi connectivity index (χ0) is 11.4. The fourth-order valence-electron chi connectivity index (χ4n) is 2.10. The van der Waals surface area contributed by atoms with Crippen molar-refractivity contribution >= 4 is 11.8 Å². The highest BCUT2D eigenvalue weighted by Crippen LogP contribution is 2.31. The summed E-state index contributed by atoms with van der Waals surface area (Å²) < 4.78 is 0. The number of thioether (sulfide) groups is 1. The van der Waals surface area contributed by atoms with E-state index in [1.54, 1.807) is 0 Å². The lowest BCUT2D eigenvalue weighted by Gasteiger charge is -2.29. The minimum Gasteiger partial charge on any atom is -0.395 e. The molecule has 0 bridgehead atoms. The van der Waals surface area contributed by atoms with Crippen molar-refractivity contribution in [1.82, 2.24) is 5.32 Å². The van der Waals surface area contributed by atoms with E-state index in [-0.39, 0.29) is 12.6 Å². The molecule has 88 valence electrons. The maximum Gasteiger partial charge on any atom is 0.0584 e. The van der Waals surface area contributed by atoms with Gasteiger partial charge in [-0.05, 0) is 17.5 Å². The first-order valence-electron chi connectivity index (χ1n) is 5.87. The van der Waals surface area contributed by atoms with Crippen LogP contribution in [0.4, 0.5) is 0 Å². The Morgan fingerprint density at radius 1 is 1.50 bits per heavy atom. The number of fused-ring (bicyclic) bond motifs is 1. The Labute approximate surface area is 101 Å². The van der Waals surface area contributed by atoms with Crippen LogP contribution >= 0.6 is 11.8 Å². The maximum atomic E-state index is 9.24. The van der Waals surface area contributed by atoms with Crippen molar-refractivity contribution in [3.63, 3.8) is 0 Å². The first-order chi connectivity index (χ1) is 7.85. The van der Waals surface area contributed by atoms with Crippen LogP contribution in [-0.2, 0) is 5.75 Å². The van der Waals surface area contributed by atoms with Crippen molar-refractivity contribution in [2.75, 3.05) is 12.4 Å². The van der Waals surface area contributed by atoms with Gasteiger partial charge in [0.15, 0.2) is 0 Å². The van der Waals surface area contributed by atoms with Gasteiger partial charge in [0.2, 0.25) is 0 Å². The van der Waals surface area contributed by atoms with Crippen LogP contribution in [0.2, 0.25) is 0 Å². The van der Waals surface area contributed by atoms with E-state index in [4.69, 9.17) is 0 Å². The number of aliphatic hydroxyl groups is 1. The first kappa shape index (κ1) is 12.0. The second-order valence-electron chi connectivity index (χ2n) is 4.22. The third-order valence-corrected chi connectivity index (χ3v) is 4.21. The molecule has 0 radical (unpaired) electrons. The Balaban J connectivity index is 2.12. The molecule has 16 heavy (non-hydrogen) atoms. The molecule has 2 N–H and O–H groups in total. The minimum absolute atomic E-state index is 0.219. The van der Waals surface area contributed by atoms with Crippen molar-refractivity contribution < 1.29 is 5.11 Å². The van der Waals surface area contributed by atoms with E-state index in [0.717, 1.165) is 17.9 Å². The van der Waals surface area contributed by atoms with Gasteiger partial charge in [-0.2, -0.15) is 11.8 Å². The molecule has 0 aromatic heterocycles. The number of hydrogen-bond acceptors (Lipinski definition) is 3. The fraction of sp³-hybridized carbons (Fsp3) is 0.538. The standard InChI is InChI=1S/C13H19NOS/c1-2-11(7-15)14-13-9-16-8-10-5-3-4-6-12(10)13/h3-6,11,13-15H,2,7-9H2,1H3/t11-,13?/m0/s1. The normalized spacial score (nSPS) is 21.5. The fourth-order valence-corrected chi connectivity index (χ4v) is 3.22. The van der Waals surface area contributed by atoms with E-state index in [0.29, 0.717) is 6.04 Å². The lowest BCUT2D eigenvalue weighted by atomic mass is 10.0. The monoisotopic (exact) mass is 237 g/mol. The van der Waals surface area contributed by atoms with Crippen LogP contribution in [0.5, 0.6) is 0 Å². The van der Waals surface area contributed by atoms with Crippen LogP contribution in [0.1, 0.15) is 30.5 Å². The Morgan fingerprint density at radius 2 is 2.31 bits per heavy atom. The maximum absolute atomic E-state index is 9.24. The Bertz CT molecular complexity index is 338. The number of aliphatic hydroxyl groups excluding tert-OH is 1. The number of hydrogen-bond donors (Lipinski definition) is 2. The molecule has 1 heterocycles. The molecule has 0 spiro atoms. The Morgan fingerprint density at radius 3 is 3.06 bits per heavy atom. The topological polar surface area (TPSA) is 32.3 Å².